The van der Waals surface area contributed by atoms with Gasteiger partial charge in [0.2, 0.25) is 0 Å². The normalized spacial score (nSPS) is 19.3. The van der Waals surface area contributed by atoms with Crippen molar-refractivity contribution in [1.29, 1.82) is 0 Å². The molecule has 0 radical (unpaired) electrons. The first-order valence-electron chi connectivity index (χ1n) is 6.94. The standard InChI is InChI=1S/C15H22N2O2/c1-3-19-14-8-4-6-12(10-14)15(18)17-9-5-7-13(11-17)16-2/h4,6,8,10,13,16H,3,5,7,9,11H2,1-2H3. The molecule has 1 aliphatic heterocycles. The zero-order chi connectivity index (χ0) is 13.7. The van der Waals surface area contributed by atoms with Gasteiger partial charge in [-0.15, -0.1) is 0 Å². The van der Waals surface area contributed by atoms with E-state index in [0.29, 0.717) is 18.2 Å². The molecule has 1 aromatic rings. The summed E-state index contributed by atoms with van der Waals surface area (Å²) in [6.45, 7) is 4.18. The summed E-state index contributed by atoms with van der Waals surface area (Å²) >= 11 is 0. The van der Waals surface area contributed by atoms with Crippen molar-refractivity contribution in [2.24, 2.45) is 0 Å². The van der Waals surface area contributed by atoms with E-state index >= 15 is 0 Å². The molecule has 1 unspecified atom stereocenters. The SMILES string of the molecule is CCOc1cccc(C(=O)N2CCCC(NC)C2)c1. The minimum absolute atomic E-state index is 0.0986. The second kappa shape index (κ2) is 6.57. The van der Waals surface area contributed by atoms with E-state index in [4.69, 9.17) is 4.74 Å². The number of nitrogens with zero attached hydrogens (tertiary/aromatic N) is 1. The molecule has 1 fully saturated rings. The number of carbonyl (C=O) groups is 1. The molecule has 1 aliphatic rings. The topological polar surface area (TPSA) is 41.6 Å². The van der Waals surface area contributed by atoms with Crippen molar-refractivity contribution in [3.63, 3.8) is 0 Å². The van der Waals surface area contributed by atoms with Gasteiger partial charge in [0.15, 0.2) is 0 Å². The molecule has 0 bridgehead atoms. The Hall–Kier alpha value is -1.55. The lowest BCUT2D eigenvalue weighted by Crippen LogP contribution is -2.46. The van der Waals surface area contributed by atoms with Crippen molar-refractivity contribution in [2.75, 3.05) is 26.7 Å². The lowest BCUT2D eigenvalue weighted by Gasteiger charge is -2.32. The fraction of sp³-hybridized carbons (Fsp3) is 0.533. The van der Waals surface area contributed by atoms with Gasteiger partial charge >= 0.3 is 0 Å². The van der Waals surface area contributed by atoms with Gasteiger partial charge in [-0.1, -0.05) is 6.07 Å². The molecule has 1 aromatic carbocycles. The van der Waals surface area contributed by atoms with Crippen LogP contribution in [0.5, 0.6) is 5.75 Å². The minimum atomic E-state index is 0.0986. The number of hydrogen-bond acceptors (Lipinski definition) is 3. The second-order valence-electron chi connectivity index (χ2n) is 4.84. The monoisotopic (exact) mass is 262 g/mol. The highest BCUT2D eigenvalue weighted by atomic mass is 16.5. The van der Waals surface area contributed by atoms with Gasteiger partial charge < -0.3 is 15.0 Å². The summed E-state index contributed by atoms with van der Waals surface area (Å²) < 4.78 is 5.44. The molecule has 104 valence electrons. The van der Waals surface area contributed by atoms with Crippen LogP contribution in [0.15, 0.2) is 24.3 Å². The molecule has 0 aliphatic carbocycles. The predicted molar refractivity (Wildman–Crippen MR) is 75.6 cm³/mol. The van der Waals surface area contributed by atoms with Crippen molar-refractivity contribution in [3.05, 3.63) is 29.8 Å². The zero-order valence-electron chi connectivity index (χ0n) is 11.7. The molecule has 0 saturated carbocycles. The van der Waals surface area contributed by atoms with E-state index < -0.39 is 0 Å². The van der Waals surface area contributed by atoms with E-state index in [1.165, 1.54) is 0 Å². The molecular weight excluding hydrogens is 240 g/mol. The number of benzene rings is 1. The molecule has 19 heavy (non-hydrogen) atoms. The number of likely N-dealkylation sites (N-methyl/N-ethyl adjacent to an activating group) is 1. The van der Waals surface area contributed by atoms with Gasteiger partial charge in [0, 0.05) is 24.7 Å². The van der Waals surface area contributed by atoms with E-state index in [9.17, 15) is 4.79 Å². The average molecular weight is 262 g/mol. The van der Waals surface area contributed by atoms with Gasteiger partial charge in [0.05, 0.1) is 6.61 Å². The maximum atomic E-state index is 12.5. The molecule has 1 saturated heterocycles. The van der Waals surface area contributed by atoms with Crippen LogP contribution in [0, 0.1) is 0 Å². The summed E-state index contributed by atoms with van der Waals surface area (Å²) in [6.07, 6.45) is 2.20. The fourth-order valence-electron chi connectivity index (χ4n) is 2.47. The van der Waals surface area contributed by atoms with Crippen LogP contribution in [0.3, 0.4) is 0 Å². The molecule has 0 spiro atoms. The summed E-state index contributed by atoms with van der Waals surface area (Å²) in [5.74, 6) is 0.858. The summed E-state index contributed by atoms with van der Waals surface area (Å²) in [5.41, 5.74) is 0.711. The molecular formula is C15H22N2O2. The van der Waals surface area contributed by atoms with Crippen LogP contribution >= 0.6 is 0 Å². The highest BCUT2D eigenvalue weighted by molar-refractivity contribution is 5.94. The minimum Gasteiger partial charge on any atom is -0.494 e. The van der Waals surface area contributed by atoms with Crippen LogP contribution < -0.4 is 10.1 Å². The first-order chi connectivity index (χ1) is 9.24. The molecule has 1 atom stereocenters. The molecule has 4 heteroatoms. The van der Waals surface area contributed by atoms with Gasteiger partial charge in [-0.3, -0.25) is 4.79 Å². The van der Waals surface area contributed by atoms with Gasteiger partial charge in [0.25, 0.3) is 5.91 Å². The van der Waals surface area contributed by atoms with Crippen LogP contribution in [-0.4, -0.2) is 43.6 Å². The second-order valence-corrected chi connectivity index (χ2v) is 4.84. The van der Waals surface area contributed by atoms with Gasteiger partial charge in [-0.25, -0.2) is 0 Å². The Morgan fingerprint density at radius 3 is 3.11 bits per heavy atom. The maximum Gasteiger partial charge on any atom is 0.254 e. The smallest absolute Gasteiger partial charge is 0.254 e. The number of ether oxygens (including phenoxy) is 1. The van der Waals surface area contributed by atoms with Crippen LogP contribution in [0.2, 0.25) is 0 Å². The molecule has 1 N–H and O–H groups in total. The Labute approximate surface area is 114 Å². The first-order valence-corrected chi connectivity index (χ1v) is 6.94. The van der Waals surface area contributed by atoms with Crippen molar-refractivity contribution in [2.45, 2.75) is 25.8 Å². The Bertz CT molecular complexity index is 434. The van der Waals surface area contributed by atoms with E-state index in [1.54, 1.807) is 0 Å². The Morgan fingerprint density at radius 1 is 1.53 bits per heavy atom. The highest BCUT2D eigenvalue weighted by Crippen LogP contribution is 2.17. The number of carbonyl (C=O) groups excluding carboxylic acids is 1. The Balaban J connectivity index is 2.08. The van der Waals surface area contributed by atoms with Crippen molar-refractivity contribution in [3.8, 4) is 5.75 Å². The van der Waals surface area contributed by atoms with E-state index in [1.807, 2.05) is 43.1 Å². The average Bonchev–Trinajstić information content (AvgIpc) is 2.47. The summed E-state index contributed by atoms with van der Waals surface area (Å²) in [5, 5.41) is 3.25. The van der Waals surface area contributed by atoms with E-state index in [-0.39, 0.29) is 5.91 Å². The van der Waals surface area contributed by atoms with Crippen LogP contribution in [0.4, 0.5) is 0 Å². The highest BCUT2D eigenvalue weighted by Gasteiger charge is 2.23. The lowest BCUT2D eigenvalue weighted by atomic mass is 10.0. The lowest BCUT2D eigenvalue weighted by molar-refractivity contribution is 0.0697. The Kier molecular flexibility index (Phi) is 4.80. The number of amides is 1. The number of hydrogen-bond donors (Lipinski definition) is 1. The van der Waals surface area contributed by atoms with Crippen LogP contribution in [0.1, 0.15) is 30.1 Å². The summed E-state index contributed by atoms with van der Waals surface area (Å²) in [4.78, 5) is 14.4. The molecule has 1 amide bonds. The van der Waals surface area contributed by atoms with Crippen molar-refractivity contribution < 1.29 is 9.53 Å². The number of likely N-dealkylation sites (tertiary alicyclic amines) is 1. The third-order valence-corrected chi connectivity index (χ3v) is 3.51. The number of piperidine rings is 1. The number of rotatable bonds is 4. The summed E-state index contributed by atoms with van der Waals surface area (Å²) in [7, 11) is 1.95. The maximum absolute atomic E-state index is 12.5. The summed E-state index contributed by atoms with van der Waals surface area (Å²) in [6, 6.07) is 7.85. The molecule has 1 heterocycles. The molecule has 0 aromatic heterocycles. The predicted octanol–water partition coefficient (Wildman–Crippen LogP) is 1.91. The van der Waals surface area contributed by atoms with E-state index in [2.05, 4.69) is 5.32 Å². The van der Waals surface area contributed by atoms with Crippen molar-refractivity contribution in [1.82, 2.24) is 10.2 Å². The zero-order valence-corrected chi connectivity index (χ0v) is 11.7. The van der Waals surface area contributed by atoms with Gasteiger partial charge in [0.1, 0.15) is 5.75 Å². The quantitative estimate of drug-likeness (QED) is 0.901. The van der Waals surface area contributed by atoms with Gasteiger partial charge in [-0.2, -0.15) is 0 Å². The first kappa shape index (κ1) is 13.9. The van der Waals surface area contributed by atoms with E-state index in [0.717, 1.165) is 31.7 Å². The van der Waals surface area contributed by atoms with Crippen LogP contribution in [-0.2, 0) is 0 Å². The van der Waals surface area contributed by atoms with Crippen LogP contribution in [0.25, 0.3) is 0 Å². The number of nitrogens with one attached hydrogen (secondary N) is 1. The molecule has 2 rings (SSSR count). The fourth-order valence-corrected chi connectivity index (χ4v) is 2.47. The molecule has 4 nitrogen and oxygen atoms in total. The van der Waals surface area contributed by atoms with Gasteiger partial charge in [-0.05, 0) is 45.0 Å². The third-order valence-electron chi connectivity index (χ3n) is 3.51. The Morgan fingerprint density at radius 2 is 2.37 bits per heavy atom. The van der Waals surface area contributed by atoms with Crippen molar-refractivity contribution >= 4 is 5.91 Å². The largest absolute Gasteiger partial charge is 0.494 e. The third kappa shape index (κ3) is 3.47.